The molecule has 4 aromatic rings. The van der Waals surface area contributed by atoms with Crippen LogP contribution in [-0.4, -0.2) is 24.1 Å². The molecule has 7 nitrogen and oxygen atoms in total. The maximum Gasteiger partial charge on any atom is 0.352 e. The van der Waals surface area contributed by atoms with E-state index in [0.717, 1.165) is 11.1 Å². The molecule has 4 rings (SSSR count). The fraction of sp³-hybridized carbons (Fsp3) is 0.176. The summed E-state index contributed by atoms with van der Waals surface area (Å²) in [5, 5.41) is 5.80. The highest BCUT2D eigenvalue weighted by Gasteiger charge is 2.11. The first-order valence-corrected chi connectivity index (χ1v) is 7.58. The molecule has 1 aromatic carbocycles. The van der Waals surface area contributed by atoms with Crippen LogP contribution < -0.4 is 11.2 Å². The molecule has 0 bridgehead atoms. The first-order valence-electron chi connectivity index (χ1n) is 7.58. The summed E-state index contributed by atoms with van der Waals surface area (Å²) in [6, 6.07) is 11.0. The third-order valence-electron chi connectivity index (χ3n) is 3.99. The van der Waals surface area contributed by atoms with E-state index in [9.17, 15) is 9.59 Å². The number of H-pyrrole nitrogens is 1. The van der Waals surface area contributed by atoms with Crippen molar-refractivity contribution in [1.82, 2.24) is 24.1 Å². The van der Waals surface area contributed by atoms with Crippen molar-refractivity contribution in [3.05, 3.63) is 74.4 Å². The van der Waals surface area contributed by atoms with Gasteiger partial charge in [-0.15, -0.1) is 5.10 Å². The van der Waals surface area contributed by atoms with Crippen molar-refractivity contribution in [1.29, 1.82) is 0 Å². The summed E-state index contributed by atoms with van der Waals surface area (Å²) in [4.78, 5) is 31.8. The molecule has 0 fully saturated rings. The summed E-state index contributed by atoms with van der Waals surface area (Å²) in [5.41, 5.74) is 1.54. The Morgan fingerprint density at radius 3 is 2.75 bits per heavy atom. The number of hydrogen-bond acceptors (Lipinski definition) is 4. The fourth-order valence-electron chi connectivity index (χ4n) is 2.96. The maximum atomic E-state index is 12.5. The van der Waals surface area contributed by atoms with Crippen molar-refractivity contribution in [3.63, 3.8) is 0 Å². The Balaban J connectivity index is 1.85. The van der Waals surface area contributed by atoms with Gasteiger partial charge in [0.05, 0.1) is 6.54 Å². The zero-order valence-electron chi connectivity index (χ0n) is 13.3. The van der Waals surface area contributed by atoms with Crippen molar-refractivity contribution in [2.75, 3.05) is 0 Å². The number of fused-ring (bicyclic) bond motifs is 2. The molecular weight excluding hydrogens is 306 g/mol. The van der Waals surface area contributed by atoms with Gasteiger partial charge in [-0.05, 0) is 31.4 Å². The monoisotopic (exact) mass is 321 g/mol. The molecule has 0 atom stereocenters. The second-order valence-corrected chi connectivity index (χ2v) is 5.79. The Kier molecular flexibility index (Phi) is 3.09. The molecule has 0 unspecified atom stereocenters. The SMILES string of the molecule is Cc1cc2nn(Cc3cc4ccccc4c(=O)[nH]3)c(=O)n2c(C)n1. The van der Waals surface area contributed by atoms with E-state index in [-0.39, 0.29) is 17.8 Å². The minimum absolute atomic E-state index is 0.173. The van der Waals surface area contributed by atoms with E-state index in [0.29, 0.717) is 22.6 Å². The third kappa shape index (κ3) is 2.21. The van der Waals surface area contributed by atoms with Crippen molar-refractivity contribution in [3.8, 4) is 0 Å². The predicted molar refractivity (Wildman–Crippen MR) is 90.4 cm³/mol. The Morgan fingerprint density at radius 1 is 1.12 bits per heavy atom. The van der Waals surface area contributed by atoms with E-state index < -0.39 is 0 Å². The summed E-state index contributed by atoms with van der Waals surface area (Å²) >= 11 is 0. The highest BCUT2D eigenvalue weighted by atomic mass is 16.2. The molecule has 0 aliphatic heterocycles. The second-order valence-electron chi connectivity index (χ2n) is 5.79. The average molecular weight is 321 g/mol. The van der Waals surface area contributed by atoms with Crippen LogP contribution in [0.3, 0.4) is 0 Å². The van der Waals surface area contributed by atoms with Crippen molar-refractivity contribution in [2.45, 2.75) is 20.4 Å². The van der Waals surface area contributed by atoms with Crippen LogP contribution in [0.15, 0.2) is 46.0 Å². The van der Waals surface area contributed by atoms with Crippen LogP contribution in [0.2, 0.25) is 0 Å². The standard InChI is InChI=1S/C17H15N5O2/c1-10-7-15-20-21(17(24)22(15)11(2)18-10)9-13-8-12-5-3-4-6-14(12)16(23)19-13/h3-8H,9H2,1-2H3,(H,19,23). The lowest BCUT2D eigenvalue weighted by Crippen LogP contribution is -2.24. The van der Waals surface area contributed by atoms with Crippen LogP contribution in [0, 0.1) is 13.8 Å². The lowest BCUT2D eigenvalue weighted by atomic mass is 10.1. The van der Waals surface area contributed by atoms with Crippen molar-refractivity contribution < 1.29 is 0 Å². The maximum absolute atomic E-state index is 12.5. The Hall–Kier alpha value is -3.22. The number of nitrogens with zero attached hydrogens (tertiary/aromatic N) is 4. The number of aromatic nitrogens is 5. The van der Waals surface area contributed by atoms with Gasteiger partial charge in [-0.25, -0.2) is 18.9 Å². The van der Waals surface area contributed by atoms with Crippen LogP contribution in [0.25, 0.3) is 16.4 Å². The normalized spacial score (nSPS) is 11.4. The molecule has 0 radical (unpaired) electrons. The molecule has 0 saturated heterocycles. The van der Waals surface area contributed by atoms with Gasteiger partial charge in [-0.1, -0.05) is 18.2 Å². The molecule has 3 aromatic heterocycles. The summed E-state index contributed by atoms with van der Waals surface area (Å²) in [6.07, 6.45) is 0. The minimum Gasteiger partial charge on any atom is -0.324 e. The van der Waals surface area contributed by atoms with Gasteiger partial charge in [0.2, 0.25) is 0 Å². The highest BCUT2D eigenvalue weighted by Crippen LogP contribution is 2.10. The molecule has 3 heterocycles. The van der Waals surface area contributed by atoms with Gasteiger partial charge in [0.25, 0.3) is 5.56 Å². The number of rotatable bonds is 2. The molecule has 0 aliphatic carbocycles. The van der Waals surface area contributed by atoms with E-state index in [1.165, 1.54) is 9.08 Å². The highest BCUT2D eigenvalue weighted by molar-refractivity contribution is 5.81. The number of nitrogens with one attached hydrogen (secondary N) is 1. The predicted octanol–water partition coefficient (Wildman–Crippen LogP) is 1.40. The fourth-order valence-corrected chi connectivity index (χ4v) is 2.96. The number of benzene rings is 1. The molecule has 0 amide bonds. The number of pyridine rings is 1. The van der Waals surface area contributed by atoms with E-state index >= 15 is 0 Å². The third-order valence-corrected chi connectivity index (χ3v) is 3.99. The topological polar surface area (TPSA) is 85.0 Å². The minimum atomic E-state index is -0.274. The van der Waals surface area contributed by atoms with Crippen molar-refractivity contribution >= 4 is 16.4 Å². The molecular formula is C17H15N5O2. The molecule has 1 N–H and O–H groups in total. The van der Waals surface area contributed by atoms with E-state index in [1.807, 2.05) is 31.2 Å². The van der Waals surface area contributed by atoms with Crippen LogP contribution >= 0.6 is 0 Å². The van der Waals surface area contributed by atoms with Crippen LogP contribution in [0.5, 0.6) is 0 Å². The Morgan fingerprint density at radius 2 is 1.92 bits per heavy atom. The molecule has 0 saturated carbocycles. The quantitative estimate of drug-likeness (QED) is 0.605. The molecule has 7 heteroatoms. The molecule has 0 spiro atoms. The van der Waals surface area contributed by atoms with Gasteiger partial charge in [-0.3, -0.25) is 4.79 Å². The summed E-state index contributed by atoms with van der Waals surface area (Å²) in [6.45, 7) is 3.82. The lowest BCUT2D eigenvalue weighted by Gasteiger charge is -2.03. The summed E-state index contributed by atoms with van der Waals surface area (Å²) < 4.78 is 2.80. The van der Waals surface area contributed by atoms with Gasteiger partial charge >= 0.3 is 5.69 Å². The smallest absolute Gasteiger partial charge is 0.324 e. The van der Waals surface area contributed by atoms with Crippen LogP contribution in [0.4, 0.5) is 0 Å². The number of aromatic amines is 1. The van der Waals surface area contributed by atoms with E-state index in [4.69, 9.17) is 0 Å². The summed E-state index contributed by atoms with van der Waals surface area (Å²) in [5.74, 6) is 0.591. The largest absolute Gasteiger partial charge is 0.352 e. The molecule has 120 valence electrons. The van der Waals surface area contributed by atoms with Gasteiger partial charge in [0.1, 0.15) is 5.82 Å². The Bertz CT molecular complexity index is 1200. The van der Waals surface area contributed by atoms with Crippen LogP contribution in [0.1, 0.15) is 17.2 Å². The number of hydrogen-bond donors (Lipinski definition) is 1. The second kappa shape index (κ2) is 5.16. The van der Waals surface area contributed by atoms with Crippen molar-refractivity contribution in [2.24, 2.45) is 0 Å². The number of aryl methyl sites for hydroxylation is 2. The first kappa shape index (κ1) is 14.4. The zero-order chi connectivity index (χ0) is 16.8. The summed E-state index contributed by atoms with van der Waals surface area (Å²) in [7, 11) is 0. The lowest BCUT2D eigenvalue weighted by molar-refractivity contribution is 0.643. The van der Waals surface area contributed by atoms with E-state index in [1.54, 1.807) is 19.1 Å². The average Bonchev–Trinajstić information content (AvgIpc) is 2.83. The van der Waals surface area contributed by atoms with E-state index in [2.05, 4.69) is 15.1 Å². The van der Waals surface area contributed by atoms with Gasteiger partial charge in [0.15, 0.2) is 5.65 Å². The first-order chi connectivity index (χ1) is 11.5. The van der Waals surface area contributed by atoms with Gasteiger partial charge in [-0.2, -0.15) is 0 Å². The van der Waals surface area contributed by atoms with Gasteiger partial charge in [0, 0.05) is 22.8 Å². The van der Waals surface area contributed by atoms with Gasteiger partial charge < -0.3 is 4.98 Å². The molecule has 0 aliphatic rings. The zero-order valence-corrected chi connectivity index (χ0v) is 13.3. The molecule has 24 heavy (non-hydrogen) atoms. The van der Waals surface area contributed by atoms with Crippen LogP contribution in [-0.2, 0) is 6.54 Å². The Labute approximate surface area is 136 Å².